The van der Waals surface area contributed by atoms with Crippen LogP contribution in [0.2, 0.25) is 0 Å². The number of carboxylic acid groups (broad SMARTS) is 1. The van der Waals surface area contributed by atoms with Gasteiger partial charge in [0.25, 0.3) is 0 Å². The van der Waals surface area contributed by atoms with Crippen LogP contribution in [0.1, 0.15) is 26.7 Å². The highest BCUT2D eigenvalue weighted by atomic mass is 19.1. The fraction of sp³-hybridized carbons (Fsp3) is 0.421. The second kappa shape index (κ2) is 8.73. The predicted octanol–water partition coefficient (Wildman–Crippen LogP) is 3.70. The topological polar surface area (TPSA) is 99.6 Å². The molecule has 1 aliphatic heterocycles. The molecule has 0 aliphatic carbocycles. The van der Waals surface area contributed by atoms with E-state index >= 15 is 0 Å². The number of hydrogen-bond acceptors (Lipinski definition) is 6. The Balaban J connectivity index is 1.61. The van der Waals surface area contributed by atoms with Gasteiger partial charge in [0, 0.05) is 43.7 Å². The molecule has 1 fully saturated rings. The van der Waals surface area contributed by atoms with Crippen LogP contribution < -0.4 is 15.4 Å². The van der Waals surface area contributed by atoms with E-state index in [1.807, 2.05) is 13.8 Å². The van der Waals surface area contributed by atoms with E-state index in [0.717, 1.165) is 0 Å². The lowest BCUT2D eigenvalue weighted by Crippen LogP contribution is -2.41. The van der Waals surface area contributed by atoms with Crippen molar-refractivity contribution in [2.24, 2.45) is 0 Å². The van der Waals surface area contributed by atoms with Crippen LogP contribution in [0.5, 0.6) is 5.88 Å². The Morgan fingerprint density at radius 3 is 2.68 bits per heavy atom. The molecular formula is C19H24FN5O3. The summed E-state index contributed by atoms with van der Waals surface area (Å²) in [6.07, 6.45) is 1.51. The van der Waals surface area contributed by atoms with E-state index in [9.17, 15) is 9.18 Å². The third kappa shape index (κ3) is 5.21. The molecule has 150 valence electrons. The van der Waals surface area contributed by atoms with Gasteiger partial charge in [-0.25, -0.2) is 19.2 Å². The summed E-state index contributed by atoms with van der Waals surface area (Å²) in [5.41, 5.74) is 1.01. The Morgan fingerprint density at radius 1 is 1.29 bits per heavy atom. The van der Waals surface area contributed by atoms with Gasteiger partial charge in [-0.15, -0.1) is 0 Å². The maximum Gasteiger partial charge on any atom is 0.407 e. The molecule has 0 atom stereocenters. The molecule has 0 radical (unpaired) electrons. The molecule has 1 aromatic heterocycles. The third-order valence-corrected chi connectivity index (χ3v) is 4.33. The first-order chi connectivity index (χ1) is 13.4. The maximum atomic E-state index is 14.3. The van der Waals surface area contributed by atoms with Gasteiger partial charge < -0.3 is 25.4 Å². The number of carbonyl (C=O) groups is 1. The summed E-state index contributed by atoms with van der Waals surface area (Å²) >= 11 is 0. The lowest BCUT2D eigenvalue weighted by molar-refractivity contribution is 0.0870. The van der Waals surface area contributed by atoms with Gasteiger partial charge >= 0.3 is 6.09 Å². The number of benzene rings is 1. The van der Waals surface area contributed by atoms with Crippen molar-refractivity contribution in [1.82, 2.24) is 14.9 Å². The minimum absolute atomic E-state index is 0.114. The van der Waals surface area contributed by atoms with Gasteiger partial charge in [0.2, 0.25) is 5.88 Å². The zero-order valence-electron chi connectivity index (χ0n) is 15.9. The number of likely N-dealkylation sites (tertiary alicyclic amines) is 1. The number of aromatic nitrogens is 2. The van der Waals surface area contributed by atoms with Crippen molar-refractivity contribution in [1.29, 1.82) is 0 Å². The van der Waals surface area contributed by atoms with Crippen LogP contribution >= 0.6 is 0 Å². The van der Waals surface area contributed by atoms with Gasteiger partial charge in [-0.2, -0.15) is 0 Å². The van der Waals surface area contributed by atoms with Crippen molar-refractivity contribution in [3.05, 3.63) is 36.4 Å². The van der Waals surface area contributed by atoms with E-state index in [0.29, 0.717) is 49.0 Å². The Hall–Kier alpha value is -3.10. The Morgan fingerprint density at radius 2 is 2.04 bits per heavy atom. The van der Waals surface area contributed by atoms with Crippen LogP contribution in [0, 0.1) is 5.82 Å². The van der Waals surface area contributed by atoms with Gasteiger partial charge in [-0.3, -0.25) is 0 Å². The van der Waals surface area contributed by atoms with Crippen LogP contribution in [-0.4, -0.2) is 51.3 Å². The second-order valence-electron chi connectivity index (χ2n) is 6.95. The second-order valence-corrected chi connectivity index (χ2v) is 6.95. The van der Waals surface area contributed by atoms with Gasteiger partial charge in [0.15, 0.2) is 0 Å². The quantitative estimate of drug-likeness (QED) is 0.693. The summed E-state index contributed by atoms with van der Waals surface area (Å²) in [7, 11) is 0. The van der Waals surface area contributed by atoms with Crippen molar-refractivity contribution in [2.75, 3.05) is 23.7 Å². The molecule has 1 saturated heterocycles. The van der Waals surface area contributed by atoms with E-state index in [1.165, 1.54) is 17.3 Å². The molecule has 1 amide bonds. The highest BCUT2D eigenvalue weighted by Gasteiger charge is 2.23. The van der Waals surface area contributed by atoms with Crippen molar-refractivity contribution >= 4 is 23.3 Å². The van der Waals surface area contributed by atoms with Crippen molar-refractivity contribution in [2.45, 2.75) is 38.8 Å². The molecule has 0 saturated carbocycles. The van der Waals surface area contributed by atoms with Gasteiger partial charge in [-0.1, -0.05) is 0 Å². The zero-order chi connectivity index (χ0) is 20.1. The predicted molar refractivity (Wildman–Crippen MR) is 104 cm³/mol. The molecule has 3 N–H and O–H groups in total. The van der Waals surface area contributed by atoms with Crippen LogP contribution in [-0.2, 0) is 0 Å². The summed E-state index contributed by atoms with van der Waals surface area (Å²) in [4.78, 5) is 20.5. The summed E-state index contributed by atoms with van der Waals surface area (Å²) in [5.74, 6) is 0.383. The van der Waals surface area contributed by atoms with E-state index in [2.05, 4.69) is 20.6 Å². The molecule has 2 heterocycles. The molecular weight excluding hydrogens is 365 g/mol. The number of piperidine rings is 1. The Labute approximate surface area is 162 Å². The number of nitrogens with one attached hydrogen (secondary N) is 2. The van der Waals surface area contributed by atoms with Crippen molar-refractivity contribution in [3.8, 4) is 5.88 Å². The minimum atomic E-state index is -0.913. The first-order valence-electron chi connectivity index (χ1n) is 9.20. The number of ether oxygens (including phenoxy) is 1. The SMILES string of the molecule is CC(C)Nc1ccc(Nc2cc(OC3CCN(C(=O)O)CC3)ncn2)c(F)c1. The monoisotopic (exact) mass is 389 g/mol. The highest BCUT2D eigenvalue weighted by molar-refractivity contribution is 5.65. The lowest BCUT2D eigenvalue weighted by atomic mass is 10.1. The van der Waals surface area contributed by atoms with Crippen molar-refractivity contribution < 1.29 is 19.0 Å². The number of amides is 1. The number of nitrogens with zero attached hydrogens (tertiary/aromatic N) is 3. The molecule has 9 heteroatoms. The molecule has 3 rings (SSSR count). The standard InChI is InChI=1S/C19H24FN5O3/c1-12(2)23-13-3-4-16(15(20)9-13)24-17-10-18(22-11-21-17)28-14-5-7-25(8-6-14)19(26)27/h3-4,9-12,14,23H,5-8H2,1-2H3,(H,26,27)(H,21,22,24). The summed E-state index contributed by atoms with van der Waals surface area (Å²) in [6, 6.07) is 6.67. The first-order valence-corrected chi connectivity index (χ1v) is 9.20. The molecule has 2 aromatic rings. The minimum Gasteiger partial charge on any atom is -0.474 e. The van der Waals surface area contributed by atoms with Crippen LogP contribution in [0.15, 0.2) is 30.6 Å². The fourth-order valence-corrected chi connectivity index (χ4v) is 2.99. The Kier molecular flexibility index (Phi) is 6.13. The van der Waals surface area contributed by atoms with E-state index < -0.39 is 11.9 Å². The fourth-order valence-electron chi connectivity index (χ4n) is 2.99. The normalized spacial score (nSPS) is 14.8. The van der Waals surface area contributed by atoms with Crippen LogP contribution in [0.3, 0.4) is 0 Å². The van der Waals surface area contributed by atoms with E-state index in [4.69, 9.17) is 9.84 Å². The third-order valence-electron chi connectivity index (χ3n) is 4.33. The number of hydrogen-bond donors (Lipinski definition) is 3. The molecule has 1 aliphatic rings. The largest absolute Gasteiger partial charge is 0.474 e. The molecule has 1 aromatic carbocycles. The van der Waals surface area contributed by atoms with Crippen molar-refractivity contribution in [3.63, 3.8) is 0 Å². The number of rotatable bonds is 6. The zero-order valence-corrected chi connectivity index (χ0v) is 15.9. The first kappa shape index (κ1) is 19.7. The molecule has 8 nitrogen and oxygen atoms in total. The number of anilines is 3. The molecule has 0 spiro atoms. The highest BCUT2D eigenvalue weighted by Crippen LogP contribution is 2.24. The summed E-state index contributed by atoms with van der Waals surface area (Å²) in [5, 5.41) is 15.1. The maximum absolute atomic E-state index is 14.3. The van der Waals surface area contributed by atoms with Crippen LogP contribution in [0.4, 0.5) is 26.4 Å². The van der Waals surface area contributed by atoms with Crippen LogP contribution in [0.25, 0.3) is 0 Å². The molecule has 0 bridgehead atoms. The number of halogens is 1. The van der Waals surface area contributed by atoms with Gasteiger partial charge in [0.1, 0.15) is 24.1 Å². The van der Waals surface area contributed by atoms with Gasteiger partial charge in [0.05, 0.1) is 5.69 Å². The smallest absolute Gasteiger partial charge is 0.407 e. The summed E-state index contributed by atoms with van der Waals surface area (Å²) < 4.78 is 20.2. The Bertz CT molecular complexity index is 825. The van der Waals surface area contributed by atoms with E-state index in [-0.39, 0.29) is 12.1 Å². The molecule has 0 unspecified atom stereocenters. The summed E-state index contributed by atoms with van der Waals surface area (Å²) in [6.45, 7) is 4.83. The lowest BCUT2D eigenvalue weighted by Gasteiger charge is -2.29. The molecule has 28 heavy (non-hydrogen) atoms. The average molecular weight is 389 g/mol. The van der Waals surface area contributed by atoms with Gasteiger partial charge in [-0.05, 0) is 32.0 Å². The average Bonchev–Trinajstić information content (AvgIpc) is 2.64. The van der Waals surface area contributed by atoms with E-state index in [1.54, 1.807) is 18.2 Å².